The smallest absolute Gasteiger partial charge is 0.330 e. The van der Waals surface area contributed by atoms with Crippen LogP contribution in [-0.2, 0) is 15.1 Å². The lowest BCUT2D eigenvalue weighted by Crippen LogP contribution is -2.57. The molecule has 1 aliphatic rings. The molecule has 0 bridgehead atoms. The number of piperazine rings is 1. The van der Waals surface area contributed by atoms with E-state index < -0.39 is 5.54 Å². The van der Waals surface area contributed by atoms with Crippen molar-refractivity contribution in [2.45, 2.75) is 12.5 Å². The second kappa shape index (κ2) is 6.24. The molecule has 1 saturated heterocycles. The largest absolute Gasteiger partial charge is 0.496 e. The van der Waals surface area contributed by atoms with Crippen molar-refractivity contribution in [3.05, 3.63) is 29.8 Å². The molecule has 0 aromatic heterocycles. The minimum atomic E-state index is -0.830. The lowest BCUT2D eigenvalue weighted by atomic mass is 9.88. The Morgan fingerprint density at radius 3 is 2.50 bits per heavy atom. The Bertz CT molecular complexity index is 472. The zero-order chi connectivity index (χ0) is 14.6. The summed E-state index contributed by atoms with van der Waals surface area (Å²) in [7, 11) is 3.05. The molecule has 0 amide bonds. The van der Waals surface area contributed by atoms with Crippen molar-refractivity contribution < 1.29 is 14.3 Å². The van der Waals surface area contributed by atoms with Gasteiger partial charge in [-0.2, -0.15) is 0 Å². The molecular formula is C15H22N2O3. The number of carbonyl (C=O) groups is 1. The van der Waals surface area contributed by atoms with Crippen LogP contribution in [0, 0.1) is 0 Å². The predicted octanol–water partition coefficient (Wildman–Crippen LogP) is 0.989. The summed E-state index contributed by atoms with van der Waals surface area (Å²) in [5.41, 5.74) is 0.0138. The fraction of sp³-hybridized carbons (Fsp3) is 0.533. The Balaban J connectivity index is 2.48. The third-order valence-electron chi connectivity index (χ3n) is 3.96. The molecule has 2 rings (SSSR count). The van der Waals surface area contributed by atoms with Gasteiger partial charge in [0.05, 0.1) is 14.2 Å². The van der Waals surface area contributed by atoms with Crippen molar-refractivity contribution in [3.8, 4) is 5.75 Å². The average molecular weight is 278 g/mol. The first-order valence-electron chi connectivity index (χ1n) is 6.82. The minimum Gasteiger partial charge on any atom is -0.496 e. The standard InChI is InChI=1S/C15H22N2O3/c1-15(14(18)20-3,17-10-8-16-9-11-17)12-6-4-5-7-13(12)19-2/h4-7,16H,8-11H2,1-3H3. The van der Waals surface area contributed by atoms with Gasteiger partial charge in [-0.15, -0.1) is 0 Å². The molecule has 20 heavy (non-hydrogen) atoms. The fourth-order valence-electron chi connectivity index (χ4n) is 2.77. The first-order valence-corrected chi connectivity index (χ1v) is 6.82. The van der Waals surface area contributed by atoms with Gasteiger partial charge in [0.15, 0.2) is 0 Å². The van der Waals surface area contributed by atoms with Gasteiger partial charge in [-0.05, 0) is 13.0 Å². The van der Waals surface area contributed by atoms with Crippen LogP contribution in [0.25, 0.3) is 0 Å². The molecule has 1 aliphatic heterocycles. The van der Waals surface area contributed by atoms with Crippen LogP contribution in [0.3, 0.4) is 0 Å². The fourth-order valence-corrected chi connectivity index (χ4v) is 2.77. The molecule has 1 heterocycles. The van der Waals surface area contributed by atoms with E-state index in [1.54, 1.807) is 7.11 Å². The summed E-state index contributed by atoms with van der Waals surface area (Å²) in [6, 6.07) is 7.62. The molecule has 5 nitrogen and oxygen atoms in total. The monoisotopic (exact) mass is 278 g/mol. The number of carbonyl (C=O) groups excluding carboxylic acids is 1. The van der Waals surface area contributed by atoms with Crippen molar-refractivity contribution in [1.82, 2.24) is 10.2 Å². The number of esters is 1. The lowest BCUT2D eigenvalue weighted by Gasteiger charge is -2.41. The van der Waals surface area contributed by atoms with Gasteiger partial charge in [0.2, 0.25) is 0 Å². The SMILES string of the molecule is COC(=O)C(C)(c1ccccc1OC)N1CCNCC1. The number of nitrogens with zero attached hydrogens (tertiary/aromatic N) is 1. The molecule has 1 aromatic rings. The van der Waals surface area contributed by atoms with Gasteiger partial charge in [0.25, 0.3) is 0 Å². The molecule has 0 aliphatic carbocycles. The Morgan fingerprint density at radius 1 is 1.25 bits per heavy atom. The number of nitrogens with one attached hydrogen (secondary N) is 1. The zero-order valence-electron chi connectivity index (χ0n) is 12.3. The highest BCUT2D eigenvalue weighted by Gasteiger charge is 2.44. The second-order valence-corrected chi connectivity index (χ2v) is 5.00. The van der Waals surface area contributed by atoms with E-state index in [9.17, 15) is 4.79 Å². The summed E-state index contributed by atoms with van der Waals surface area (Å²) in [5.74, 6) is 0.447. The van der Waals surface area contributed by atoms with E-state index in [0.29, 0.717) is 5.75 Å². The molecule has 1 N–H and O–H groups in total. The van der Waals surface area contributed by atoms with Gasteiger partial charge < -0.3 is 14.8 Å². The highest BCUT2D eigenvalue weighted by Crippen LogP contribution is 2.36. The molecule has 0 spiro atoms. The van der Waals surface area contributed by atoms with Crippen molar-refractivity contribution >= 4 is 5.97 Å². The van der Waals surface area contributed by atoms with Crippen molar-refractivity contribution in [3.63, 3.8) is 0 Å². The number of methoxy groups -OCH3 is 2. The van der Waals surface area contributed by atoms with Crippen LogP contribution in [0.5, 0.6) is 5.75 Å². The van der Waals surface area contributed by atoms with Crippen LogP contribution in [0.2, 0.25) is 0 Å². The topological polar surface area (TPSA) is 50.8 Å². The normalized spacial score (nSPS) is 19.1. The quantitative estimate of drug-likeness (QED) is 0.832. The van der Waals surface area contributed by atoms with Crippen molar-refractivity contribution in [1.29, 1.82) is 0 Å². The van der Waals surface area contributed by atoms with Gasteiger partial charge in [0, 0.05) is 31.7 Å². The number of hydrogen-bond donors (Lipinski definition) is 1. The highest BCUT2D eigenvalue weighted by molar-refractivity contribution is 5.83. The number of para-hydroxylation sites is 1. The van der Waals surface area contributed by atoms with Crippen molar-refractivity contribution in [2.24, 2.45) is 0 Å². The van der Waals surface area contributed by atoms with E-state index in [1.165, 1.54) is 7.11 Å². The number of benzene rings is 1. The van der Waals surface area contributed by atoms with Gasteiger partial charge in [-0.3, -0.25) is 4.90 Å². The number of rotatable bonds is 4. The summed E-state index contributed by atoms with van der Waals surface area (Å²) in [4.78, 5) is 14.6. The summed E-state index contributed by atoms with van der Waals surface area (Å²) in [6.45, 7) is 5.22. The van der Waals surface area contributed by atoms with Crippen molar-refractivity contribution in [2.75, 3.05) is 40.4 Å². The Labute approximate surface area is 119 Å². The summed E-state index contributed by atoms with van der Waals surface area (Å²) < 4.78 is 10.5. The van der Waals surface area contributed by atoms with Crippen LogP contribution >= 0.6 is 0 Å². The maximum atomic E-state index is 12.5. The molecule has 1 aromatic carbocycles. The Hall–Kier alpha value is -1.59. The zero-order valence-corrected chi connectivity index (χ0v) is 12.3. The van der Waals surface area contributed by atoms with E-state index in [-0.39, 0.29) is 5.97 Å². The van der Waals surface area contributed by atoms with E-state index in [0.717, 1.165) is 31.7 Å². The van der Waals surface area contributed by atoms with Gasteiger partial charge >= 0.3 is 5.97 Å². The van der Waals surface area contributed by atoms with E-state index >= 15 is 0 Å². The van der Waals surface area contributed by atoms with Crippen LogP contribution in [-0.4, -0.2) is 51.3 Å². The van der Waals surface area contributed by atoms with Crippen LogP contribution in [0.1, 0.15) is 12.5 Å². The van der Waals surface area contributed by atoms with Crippen LogP contribution < -0.4 is 10.1 Å². The van der Waals surface area contributed by atoms with Gasteiger partial charge in [-0.25, -0.2) is 4.79 Å². The number of ether oxygens (including phenoxy) is 2. The van der Waals surface area contributed by atoms with Gasteiger partial charge in [0.1, 0.15) is 11.3 Å². The maximum absolute atomic E-state index is 12.5. The summed E-state index contributed by atoms with van der Waals surface area (Å²) in [6.07, 6.45) is 0. The maximum Gasteiger partial charge on any atom is 0.330 e. The second-order valence-electron chi connectivity index (χ2n) is 5.00. The Morgan fingerprint density at radius 2 is 1.90 bits per heavy atom. The molecular weight excluding hydrogens is 256 g/mol. The van der Waals surface area contributed by atoms with E-state index in [1.807, 2.05) is 31.2 Å². The third-order valence-corrected chi connectivity index (χ3v) is 3.96. The van der Waals surface area contributed by atoms with Crippen LogP contribution in [0.15, 0.2) is 24.3 Å². The predicted molar refractivity (Wildman–Crippen MR) is 76.8 cm³/mol. The molecule has 5 heteroatoms. The molecule has 1 unspecified atom stereocenters. The average Bonchev–Trinajstić information content (AvgIpc) is 2.54. The van der Waals surface area contributed by atoms with Gasteiger partial charge in [-0.1, -0.05) is 18.2 Å². The summed E-state index contributed by atoms with van der Waals surface area (Å²) in [5, 5.41) is 3.30. The minimum absolute atomic E-state index is 0.260. The Kier molecular flexibility index (Phi) is 4.62. The molecule has 0 radical (unpaired) electrons. The first kappa shape index (κ1) is 14.8. The lowest BCUT2D eigenvalue weighted by molar-refractivity contribution is -0.155. The van der Waals surface area contributed by atoms with Crippen LogP contribution in [0.4, 0.5) is 0 Å². The molecule has 1 fully saturated rings. The third kappa shape index (κ3) is 2.51. The highest BCUT2D eigenvalue weighted by atomic mass is 16.5. The summed E-state index contributed by atoms with van der Waals surface area (Å²) >= 11 is 0. The molecule has 110 valence electrons. The van der Waals surface area contributed by atoms with E-state index in [4.69, 9.17) is 9.47 Å². The first-order chi connectivity index (χ1) is 9.64. The number of hydrogen-bond acceptors (Lipinski definition) is 5. The van der Waals surface area contributed by atoms with E-state index in [2.05, 4.69) is 10.2 Å². The molecule has 1 atom stereocenters. The molecule has 0 saturated carbocycles.